The molecule has 152 valence electrons. The first-order valence-electron chi connectivity index (χ1n) is 8.75. The van der Waals surface area contributed by atoms with E-state index in [1.807, 2.05) is 0 Å². The Labute approximate surface area is 163 Å². The van der Waals surface area contributed by atoms with Crippen LogP contribution in [0.4, 0.5) is 23.2 Å². The summed E-state index contributed by atoms with van der Waals surface area (Å²) >= 11 is 0. The molecule has 1 aliphatic carbocycles. The van der Waals surface area contributed by atoms with Crippen molar-refractivity contribution < 1.29 is 26.3 Å². The van der Waals surface area contributed by atoms with Gasteiger partial charge in [-0.15, -0.1) is 0 Å². The number of benzene rings is 2. The predicted molar refractivity (Wildman–Crippen MR) is 97.2 cm³/mol. The molecule has 1 atom stereocenters. The Morgan fingerprint density at radius 1 is 1.10 bits per heavy atom. The monoisotopic (exact) mass is 425 g/mol. The molecule has 1 aliphatic rings. The third kappa shape index (κ3) is 4.31. The van der Waals surface area contributed by atoms with E-state index < -0.39 is 27.6 Å². The van der Waals surface area contributed by atoms with Crippen molar-refractivity contribution >= 4 is 15.4 Å². The van der Waals surface area contributed by atoms with E-state index in [1.165, 1.54) is 42.5 Å². The summed E-state index contributed by atoms with van der Waals surface area (Å²) in [4.78, 5) is 3.38. The zero-order valence-corrected chi connectivity index (χ0v) is 15.7. The minimum Gasteiger partial charge on any atom is -0.329 e. The van der Waals surface area contributed by atoms with Gasteiger partial charge in [-0.3, -0.25) is 0 Å². The molecule has 1 fully saturated rings. The Morgan fingerprint density at radius 2 is 1.79 bits per heavy atom. The van der Waals surface area contributed by atoms with Crippen molar-refractivity contribution in [3.63, 3.8) is 0 Å². The number of hydrogen-bond acceptors (Lipinski definition) is 5. The second kappa shape index (κ2) is 7.25. The molecule has 1 heterocycles. The van der Waals surface area contributed by atoms with Crippen molar-refractivity contribution in [1.29, 1.82) is 0 Å². The number of nitrogens with zero attached hydrogens (tertiary/aromatic N) is 3. The first kappa shape index (κ1) is 19.6. The number of alkyl halides is 3. The van der Waals surface area contributed by atoms with Crippen molar-refractivity contribution in [2.75, 3.05) is 5.75 Å². The lowest BCUT2D eigenvalue weighted by atomic mass is 10.2. The van der Waals surface area contributed by atoms with Crippen molar-refractivity contribution in [2.45, 2.75) is 23.9 Å². The molecule has 0 amide bonds. The lowest BCUT2D eigenvalue weighted by molar-refractivity contribution is -0.159. The normalized spacial score (nSPS) is 16.4. The molecule has 29 heavy (non-hydrogen) atoms. The zero-order valence-electron chi connectivity index (χ0n) is 14.9. The van der Waals surface area contributed by atoms with Crippen LogP contribution in [0.5, 0.6) is 0 Å². The summed E-state index contributed by atoms with van der Waals surface area (Å²) in [5, 5.41) is 3.32. The number of hydrogen-bond donors (Lipinski definition) is 0. The Bertz CT molecular complexity index is 1140. The van der Waals surface area contributed by atoms with Gasteiger partial charge in [-0.25, -0.2) is 8.60 Å². The molecule has 5 nitrogen and oxygen atoms in total. The van der Waals surface area contributed by atoms with Gasteiger partial charge < -0.3 is 4.52 Å². The highest BCUT2D eigenvalue weighted by molar-refractivity contribution is 7.93. The molecular weight excluding hydrogens is 410 g/mol. The molecule has 0 aliphatic heterocycles. The SMILES string of the molecule is O=S(CC1CC1)(=Nc1ccc(-c2noc(C(F)(F)F)n2)cc1)c1ccccc1F. The second-order valence-electron chi connectivity index (χ2n) is 6.74. The molecule has 0 spiro atoms. The van der Waals surface area contributed by atoms with E-state index in [0.717, 1.165) is 12.8 Å². The van der Waals surface area contributed by atoms with Crippen LogP contribution in [0.15, 0.2) is 62.3 Å². The summed E-state index contributed by atoms with van der Waals surface area (Å²) in [6.45, 7) is 0. The molecule has 1 saturated carbocycles. The predicted octanol–water partition coefficient (Wildman–Crippen LogP) is 5.46. The van der Waals surface area contributed by atoms with Crippen LogP contribution in [0.2, 0.25) is 0 Å². The molecule has 1 aromatic heterocycles. The van der Waals surface area contributed by atoms with E-state index in [9.17, 15) is 21.8 Å². The summed E-state index contributed by atoms with van der Waals surface area (Å²) in [5.74, 6) is -1.74. The summed E-state index contributed by atoms with van der Waals surface area (Å²) < 4.78 is 74.1. The van der Waals surface area contributed by atoms with Crippen molar-refractivity contribution in [3.05, 3.63) is 60.2 Å². The highest BCUT2D eigenvalue weighted by Gasteiger charge is 2.38. The van der Waals surface area contributed by atoms with E-state index in [1.54, 1.807) is 6.07 Å². The summed E-state index contributed by atoms with van der Waals surface area (Å²) in [7, 11) is -3.03. The minimum absolute atomic E-state index is 0.0592. The molecule has 0 bridgehead atoms. The molecule has 3 aromatic rings. The van der Waals surface area contributed by atoms with Gasteiger partial charge in [0.2, 0.25) is 5.82 Å². The fraction of sp³-hybridized carbons (Fsp3) is 0.263. The van der Waals surface area contributed by atoms with E-state index in [2.05, 4.69) is 19.0 Å². The zero-order chi connectivity index (χ0) is 20.6. The Kier molecular flexibility index (Phi) is 4.89. The van der Waals surface area contributed by atoms with Crippen molar-refractivity contribution in [2.24, 2.45) is 10.3 Å². The molecule has 0 saturated heterocycles. The van der Waals surface area contributed by atoms with Crippen LogP contribution in [-0.2, 0) is 15.9 Å². The third-order valence-electron chi connectivity index (χ3n) is 4.39. The molecule has 0 N–H and O–H groups in total. The molecule has 0 radical (unpaired) electrons. The quantitative estimate of drug-likeness (QED) is 0.509. The van der Waals surface area contributed by atoms with Crippen LogP contribution in [0.25, 0.3) is 11.4 Å². The van der Waals surface area contributed by atoms with Gasteiger partial charge in [-0.2, -0.15) is 22.5 Å². The first-order valence-corrected chi connectivity index (χ1v) is 10.4. The number of rotatable bonds is 5. The van der Waals surface area contributed by atoms with Gasteiger partial charge in [-0.1, -0.05) is 17.3 Å². The van der Waals surface area contributed by atoms with E-state index in [-0.39, 0.29) is 28.0 Å². The molecule has 4 rings (SSSR count). The highest BCUT2D eigenvalue weighted by atomic mass is 32.2. The fourth-order valence-electron chi connectivity index (χ4n) is 2.78. The molecule has 2 aromatic carbocycles. The molecular formula is C19H15F4N3O2S. The van der Waals surface area contributed by atoms with E-state index in [4.69, 9.17) is 0 Å². The van der Waals surface area contributed by atoms with Gasteiger partial charge in [0.15, 0.2) is 0 Å². The van der Waals surface area contributed by atoms with Gasteiger partial charge in [0.1, 0.15) is 5.82 Å². The Balaban J connectivity index is 1.68. The smallest absolute Gasteiger partial charge is 0.329 e. The minimum atomic E-state index is -4.73. The Morgan fingerprint density at radius 3 is 2.38 bits per heavy atom. The van der Waals surface area contributed by atoms with Gasteiger partial charge in [0, 0.05) is 11.3 Å². The van der Waals surface area contributed by atoms with Crippen molar-refractivity contribution in [1.82, 2.24) is 10.1 Å². The van der Waals surface area contributed by atoms with Crippen LogP contribution >= 0.6 is 0 Å². The topological polar surface area (TPSA) is 68.3 Å². The van der Waals surface area contributed by atoms with Gasteiger partial charge >= 0.3 is 12.1 Å². The van der Waals surface area contributed by atoms with Crippen molar-refractivity contribution in [3.8, 4) is 11.4 Å². The number of halogens is 4. The van der Waals surface area contributed by atoms with Crippen LogP contribution in [0.1, 0.15) is 18.7 Å². The van der Waals surface area contributed by atoms with Gasteiger partial charge in [0.05, 0.1) is 20.3 Å². The maximum absolute atomic E-state index is 14.3. The maximum Gasteiger partial charge on any atom is 0.471 e. The summed E-state index contributed by atoms with van der Waals surface area (Å²) in [5.41, 5.74) is 0.602. The average Bonchev–Trinajstić information content (AvgIpc) is 3.31. The third-order valence-corrected chi connectivity index (χ3v) is 6.83. The highest BCUT2D eigenvalue weighted by Crippen LogP contribution is 2.35. The maximum atomic E-state index is 14.3. The Hall–Kier alpha value is -2.75. The fourth-order valence-corrected chi connectivity index (χ4v) is 5.23. The second-order valence-corrected chi connectivity index (χ2v) is 8.98. The van der Waals surface area contributed by atoms with Crippen LogP contribution in [-0.4, -0.2) is 20.1 Å². The van der Waals surface area contributed by atoms with Crippen LogP contribution in [0.3, 0.4) is 0 Å². The standard InChI is InChI=1S/C19H15F4N3O2S/c20-15-3-1-2-4-16(15)29(27,11-12-5-6-12)26-14-9-7-13(8-10-14)17-24-18(28-25-17)19(21,22)23/h1-4,7-10,12H,5-6,11H2. The average molecular weight is 425 g/mol. The van der Waals surface area contributed by atoms with E-state index in [0.29, 0.717) is 5.69 Å². The molecule has 1 unspecified atom stereocenters. The van der Waals surface area contributed by atoms with Crippen LogP contribution in [0, 0.1) is 11.7 Å². The summed E-state index contributed by atoms with van der Waals surface area (Å²) in [6.07, 6.45) is -2.87. The molecule has 10 heteroatoms. The van der Waals surface area contributed by atoms with E-state index >= 15 is 0 Å². The number of aromatic nitrogens is 2. The lowest BCUT2D eigenvalue weighted by Crippen LogP contribution is -2.10. The largest absolute Gasteiger partial charge is 0.471 e. The van der Waals surface area contributed by atoms with Gasteiger partial charge in [-0.05, 0) is 55.2 Å². The first-order chi connectivity index (χ1) is 13.7. The van der Waals surface area contributed by atoms with Gasteiger partial charge in [0.25, 0.3) is 0 Å². The summed E-state index contributed by atoms with van der Waals surface area (Å²) in [6, 6.07) is 11.7. The lowest BCUT2D eigenvalue weighted by Gasteiger charge is -2.11. The van der Waals surface area contributed by atoms with Crippen LogP contribution < -0.4 is 0 Å².